The second kappa shape index (κ2) is 5.21. The van der Waals surface area contributed by atoms with Crippen LogP contribution >= 0.6 is 0 Å². The minimum Gasteiger partial charge on any atom is -0.258 e. The fourth-order valence-electron chi connectivity index (χ4n) is 2.03. The van der Waals surface area contributed by atoms with Gasteiger partial charge in [0.05, 0.1) is 0 Å². The number of hydrogen-bond donors (Lipinski definition) is 0. The van der Waals surface area contributed by atoms with E-state index < -0.39 is 6.43 Å². The molecule has 0 saturated heterocycles. The molecule has 0 atom stereocenters. The maximum atomic E-state index is 12.4. The first-order chi connectivity index (χ1) is 7.82. The van der Waals surface area contributed by atoms with Gasteiger partial charge in [0.25, 0.3) is 6.43 Å². The molecule has 0 spiro atoms. The average molecular weight is 237 g/mol. The fourth-order valence-corrected chi connectivity index (χ4v) is 2.03. The predicted octanol–water partition coefficient (Wildman–Crippen LogP) is 4.23. The normalized spacial score (nSPS) is 12.1. The summed E-state index contributed by atoms with van der Waals surface area (Å²) in [6.07, 6.45) is -1.08. The fraction of sp³-hybridized carbons (Fsp3) is 0.357. The topological polar surface area (TPSA) is 12.9 Å². The first-order valence-electron chi connectivity index (χ1n) is 5.43. The van der Waals surface area contributed by atoms with E-state index in [0.717, 1.165) is 28.1 Å². The molecule has 0 aliphatic heterocycles. The number of aryl methyl sites for hydroxylation is 3. The predicted molar refractivity (Wildman–Crippen MR) is 67.2 cm³/mol. The molecule has 1 aromatic heterocycles. The molecule has 3 heteroatoms. The Hall–Kier alpha value is -1.51. The maximum absolute atomic E-state index is 12.4. The molecule has 92 valence electrons. The minimum atomic E-state index is -2.51. The van der Waals surface area contributed by atoms with Gasteiger partial charge >= 0.3 is 0 Å². The summed E-state index contributed by atoms with van der Waals surface area (Å²) in [4.78, 5) is 4.35. The summed E-state index contributed by atoms with van der Waals surface area (Å²) in [5.74, 6) is 0. The van der Waals surface area contributed by atoms with Gasteiger partial charge in [-0.2, -0.15) is 0 Å². The number of pyridine rings is 1. The third kappa shape index (κ3) is 3.22. The summed E-state index contributed by atoms with van der Waals surface area (Å²) in [5, 5.41) is 0. The van der Waals surface area contributed by atoms with Crippen LogP contribution in [-0.2, 0) is 0 Å². The van der Waals surface area contributed by atoms with Crippen LogP contribution in [0, 0.1) is 20.8 Å². The minimum absolute atomic E-state index is 0.165. The Kier molecular flexibility index (Phi) is 4.16. The van der Waals surface area contributed by atoms with E-state index in [9.17, 15) is 8.78 Å². The van der Waals surface area contributed by atoms with Crippen LogP contribution < -0.4 is 0 Å². The van der Waals surface area contributed by atoms with Crippen molar-refractivity contribution in [3.63, 3.8) is 0 Å². The summed E-state index contributed by atoms with van der Waals surface area (Å²) in [7, 11) is 0. The maximum Gasteiger partial charge on any atom is 0.263 e. The van der Waals surface area contributed by atoms with Crippen LogP contribution in [0.3, 0.4) is 0 Å². The summed E-state index contributed by atoms with van der Waals surface area (Å²) < 4.78 is 24.8. The summed E-state index contributed by atoms with van der Waals surface area (Å²) in [6, 6.07) is 1.95. The van der Waals surface area contributed by atoms with Crippen molar-refractivity contribution in [2.75, 3.05) is 0 Å². The van der Waals surface area contributed by atoms with Crippen molar-refractivity contribution in [1.29, 1.82) is 0 Å². The highest BCUT2D eigenvalue weighted by molar-refractivity contribution is 5.70. The van der Waals surface area contributed by atoms with Crippen molar-refractivity contribution >= 4 is 5.57 Å². The van der Waals surface area contributed by atoms with Crippen molar-refractivity contribution < 1.29 is 8.78 Å². The lowest BCUT2D eigenvalue weighted by molar-refractivity contribution is 0.195. The van der Waals surface area contributed by atoms with Gasteiger partial charge in [-0.3, -0.25) is 4.98 Å². The van der Waals surface area contributed by atoms with Crippen molar-refractivity contribution in [2.24, 2.45) is 0 Å². The Morgan fingerprint density at radius 1 is 1.35 bits per heavy atom. The standard InChI is InChI=1S/C14H17F2N/c1-8(6-10(3)14(15)16)13-9(2)7-11(4)17-12(13)5/h6-7,14H,3H2,1-2,4-5H3/b8-6+. The zero-order valence-corrected chi connectivity index (χ0v) is 10.6. The third-order valence-corrected chi connectivity index (χ3v) is 2.60. The average Bonchev–Trinajstić information content (AvgIpc) is 2.15. The van der Waals surface area contributed by atoms with Gasteiger partial charge in [-0.15, -0.1) is 0 Å². The van der Waals surface area contributed by atoms with Crippen molar-refractivity contribution in [2.45, 2.75) is 34.1 Å². The van der Waals surface area contributed by atoms with E-state index in [2.05, 4.69) is 11.6 Å². The Bertz CT molecular complexity index is 450. The number of nitrogens with zero attached hydrogens (tertiary/aromatic N) is 1. The second-order valence-electron chi connectivity index (χ2n) is 4.24. The van der Waals surface area contributed by atoms with Gasteiger partial charge in [-0.05, 0) is 44.9 Å². The summed E-state index contributed by atoms with van der Waals surface area (Å²) in [5.41, 5.74) is 4.38. The second-order valence-corrected chi connectivity index (χ2v) is 4.24. The van der Waals surface area contributed by atoms with Crippen LogP contribution in [0.25, 0.3) is 5.57 Å². The number of aromatic nitrogens is 1. The van der Waals surface area contributed by atoms with Gasteiger partial charge in [-0.1, -0.05) is 12.7 Å². The Morgan fingerprint density at radius 2 is 1.94 bits per heavy atom. The van der Waals surface area contributed by atoms with Crippen LogP contribution in [0.4, 0.5) is 8.78 Å². The molecule has 0 aliphatic rings. The van der Waals surface area contributed by atoms with Crippen molar-refractivity contribution in [3.8, 4) is 0 Å². The lowest BCUT2D eigenvalue weighted by Crippen LogP contribution is -1.98. The molecule has 1 aromatic rings. The first-order valence-corrected chi connectivity index (χ1v) is 5.43. The van der Waals surface area contributed by atoms with Gasteiger partial charge in [0.2, 0.25) is 0 Å². The highest BCUT2D eigenvalue weighted by Crippen LogP contribution is 2.24. The molecule has 0 N–H and O–H groups in total. The molecular weight excluding hydrogens is 220 g/mol. The Balaban J connectivity index is 3.21. The molecule has 0 bridgehead atoms. The molecule has 0 saturated carbocycles. The molecule has 17 heavy (non-hydrogen) atoms. The SMILES string of the molecule is C=C(/C=C(\C)c1c(C)cc(C)nc1C)C(F)F. The zero-order chi connectivity index (χ0) is 13.2. The highest BCUT2D eigenvalue weighted by atomic mass is 19.3. The number of hydrogen-bond acceptors (Lipinski definition) is 1. The monoisotopic (exact) mass is 237 g/mol. The van der Waals surface area contributed by atoms with Gasteiger partial charge in [-0.25, -0.2) is 8.78 Å². The van der Waals surface area contributed by atoms with Crippen LogP contribution in [-0.4, -0.2) is 11.4 Å². The number of rotatable bonds is 3. The Labute approximate surface area is 101 Å². The van der Waals surface area contributed by atoms with E-state index >= 15 is 0 Å². The molecule has 0 fully saturated rings. The van der Waals surface area contributed by atoms with E-state index in [4.69, 9.17) is 0 Å². The Morgan fingerprint density at radius 3 is 2.41 bits per heavy atom. The van der Waals surface area contributed by atoms with Gasteiger partial charge in [0.15, 0.2) is 0 Å². The molecular formula is C14H17F2N. The quantitative estimate of drug-likeness (QED) is 0.717. The van der Waals surface area contributed by atoms with Crippen LogP contribution in [0.1, 0.15) is 29.4 Å². The number of allylic oxidation sites excluding steroid dienone is 3. The van der Waals surface area contributed by atoms with Crippen LogP contribution in [0.2, 0.25) is 0 Å². The molecule has 0 unspecified atom stereocenters. The van der Waals surface area contributed by atoms with E-state index in [-0.39, 0.29) is 5.57 Å². The van der Waals surface area contributed by atoms with E-state index in [1.807, 2.05) is 26.8 Å². The smallest absolute Gasteiger partial charge is 0.258 e. The number of halogens is 2. The molecule has 0 radical (unpaired) electrons. The van der Waals surface area contributed by atoms with Gasteiger partial charge < -0.3 is 0 Å². The van der Waals surface area contributed by atoms with Crippen molar-refractivity contribution in [1.82, 2.24) is 4.98 Å². The molecule has 0 amide bonds. The molecule has 1 heterocycles. The van der Waals surface area contributed by atoms with E-state index in [0.29, 0.717) is 0 Å². The molecule has 1 rings (SSSR count). The van der Waals surface area contributed by atoms with E-state index in [1.54, 1.807) is 6.92 Å². The van der Waals surface area contributed by atoms with Crippen LogP contribution in [0.5, 0.6) is 0 Å². The molecule has 0 aliphatic carbocycles. The number of alkyl halides is 2. The highest BCUT2D eigenvalue weighted by Gasteiger charge is 2.10. The molecule has 0 aromatic carbocycles. The van der Waals surface area contributed by atoms with Crippen molar-refractivity contribution in [3.05, 3.63) is 46.8 Å². The lowest BCUT2D eigenvalue weighted by atomic mass is 9.98. The van der Waals surface area contributed by atoms with Gasteiger partial charge in [0, 0.05) is 22.5 Å². The summed E-state index contributed by atoms with van der Waals surface area (Å²) >= 11 is 0. The largest absolute Gasteiger partial charge is 0.263 e. The first kappa shape index (κ1) is 13.6. The van der Waals surface area contributed by atoms with E-state index in [1.165, 1.54) is 6.08 Å². The summed E-state index contributed by atoms with van der Waals surface area (Å²) in [6.45, 7) is 10.9. The molecule has 1 nitrogen and oxygen atoms in total. The van der Waals surface area contributed by atoms with Crippen LogP contribution in [0.15, 0.2) is 24.3 Å². The van der Waals surface area contributed by atoms with Gasteiger partial charge in [0.1, 0.15) is 0 Å². The lowest BCUT2D eigenvalue weighted by Gasteiger charge is -2.11. The zero-order valence-electron chi connectivity index (χ0n) is 10.6. The third-order valence-electron chi connectivity index (χ3n) is 2.60.